The van der Waals surface area contributed by atoms with Crippen LogP contribution in [0.3, 0.4) is 0 Å². The molecular formula is C17H16BrN3O3. The highest BCUT2D eigenvalue weighted by molar-refractivity contribution is 9.10. The number of ether oxygens (including phenoxy) is 1. The van der Waals surface area contributed by atoms with Gasteiger partial charge in [-0.25, -0.2) is 5.43 Å². The molecule has 0 aliphatic carbocycles. The van der Waals surface area contributed by atoms with Crippen LogP contribution in [0.5, 0.6) is 5.75 Å². The maximum Gasteiger partial charge on any atom is 0.249 e. The lowest BCUT2D eigenvalue weighted by molar-refractivity contribution is -0.126. The minimum absolute atomic E-state index is 0.326. The van der Waals surface area contributed by atoms with Gasteiger partial charge in [0.1, 0.15) is 12.2 Å². The Morgan fingerprint density at radius 1 is 1.17 bits per heavy atom. The van der Waals surface area contributed by atoms with E-state index in [4.69, 9.17) is 4.74 Å². The summed E-state index contributed by atoms with van der Waals surface area (Å²) in [6.45, 7) is 0. The summed E-state index contributed by atoms with van der Waals surface area (Å²) in [7, 11) is 1.54. The van der Waals surface area contributed by atoms with Crippen molar-refractivity contribution in [1.29, 1.82) is 0 Å². The summed E-state index contributed by atoms with van der Waals surface area (Å²) >= 11 is 3.35. The molecule has 0 aromatic heterocycles. The van der Waals surface area contributed by atoms with Crippen LogP contribution in [-0.2, 0) is 9.59 Å². The molecule has 0 spiro atoms. The molecule has 6 nitrogen and oxygen atoms in total. The molecule has 0 heterocycles. The molecule has 0 aliphatic rings. The fourth-order valence-corrected chi connectivity index (χ4v) is 2.27. The van der Waals surface area contributed by atoms with Gasteiger partial charge in [0.05, 0.1) is 13.3 Å². The normalized spacial score (nSPS) is 10.4. The number of hydrazone groups is 1. The van der Waals surface area contributed by atoms with Crippen LogP contribution in [0.4, 0.5) is 5.69 Å². The molecule has 24 heavy (non-hydrogen) atoms. The van der Waals surface area contributed by atoms with E-state index in [1.807, 2.05) is 24.3 Å². The third-order valence-corrected chi connectivity index (χ3v) is 3.42. The summed E-state index contributed by atoms with van der Waals surface area (Å²) in [6, 6.07) is 14.3. The molecule has 0 fully saturated rings. The minimum atomic E-state index is -0.498. The summed E-state index contributed by atoms with van der Waals surface area (Å²) in [5.74, 6) is -0.309. The first kappa shape index (κ1) is 17.7. The fraction of sp³-hybridized carbons (Fsp3) is 0.118. The number of nitrogens with one attached hydrogen (secondary N) is 2. The molecule has 2 N–H and O–H groups in total. The molecule has 0 radical (unpaired) electrons. The van der Waals surface area contributed by atoms with Crippen molar-refractivity contribution >= 4 is 39.6 Å². The van der Waals surface area contributed by atoms with E-state index in [0.717, 1.165) is 10.0 Å². The number of benzene rings is 2. The Hall–Kier alpha value is -2.67. The van der Waals surface area contributed by atoms with Gasteiger partial charge in [0.2, 0.25) is 11.8 Å². The first-order chi connectivity index (χ1) is 11.6. The predicted molar refractivity (Wildman–Crippen MR) is 96.1 cm³/mol. The van der Waals surface area contributed by atoms with Crippen LogP contribution in [-0.4, -0.2) is 25.1 Å². The standard InChI is InChI=1S/C17H16BrN3O3/c1-24-15-7-3-6-14(9-15)20-16(22)10-17(23)21-19-11-12-4-2-5-13(18)8-12/h2-9,11H,10H2,1H3,(H,20,22)(H,21,23). The molecule has 0 saturated carbocycles. The first-order valence-corrected chi connectivity index (χ1v) is 7.87. The number of carbonyl (C=O) groups is 2. The third-order valence-electron chi connectivity index (χ3n) is 2.93. The van der Waals surface area contributed by atoms with E-state index in [1.54, 1.807) is 24.3 Å². The van der Waals surface area contributed by atoms with Crippen LogP contribution in [0.15, 0.2) is 58.1 Å². The van der Waals surface area contributed by atoms with Crippen molar-refractivity contribution in [3.05, 3.63) is 58.6 Å². The second kappa shape index (κ2) is 8.83. The number of rotatable bonds is 6. The van der Waals surface area contributed by atoms with E-state index in [9.17, 15) is 9.59 Å². The Morgan fingerprint density at radius 3 is 2.71 bits per heavy atom. The second-order valence-electron chi connectivity index (χ2n) is 4.81. The van der Waals surface area contributed by atoms with Gasteiger partial charge < -0.3 is 10.1 Å². The molecule has 0 aliphatic heterocycles. The molecule has 0 atom stereocenters. The lowest BCUT2D eigenvalue weighted by atomic mass is 10.2. The van der Waals surface area contributed by atoms with E-state index in [0.29, 0.717) is 11.4 Å². The van der Waals surface area contributed by atoms with Gasteiger partial charge >= 0.3 is 0 Å². The zero-order chi connectivity index (χ0) is 17.4. The number of anilines is 1. The van der Waals surface area contributed by atoms with E-state index < -0.39 is 11.8 Å². The summed E-state index contributed by atoms with van der Waals surface area (Å²) in [5.41, 5.74) is 3.70. The third kappa shape index (κ3) is 5.85. The fourth-order valence-electron chi connectivity index (χ4n) is 1.86. The quantitative estimate of drug-likeness (QED) is 0.452. The minimum Gasteiger partial charge on any atom is -0.497 e. The van der Waals surface area contributed by atoms with Gasteiger partial charge in [0.25, 0.3) is 0 Å². The molecule has 124 valence electrons. The SMILES string of the molecule is COc1cccc(NC(=O)CC(=O)NN=Cc2cccc(Br)c2)c1. The number of carbonyl (C=O) groups excluding carboxylic acids is 2. The van der Waals surface area contributed by atoms with E-state index in [-0.39, 0.29) is 6.42 Å². The zero-order valence-electron chi connectivity index (χ0n) is 13.0. The van der Waals surface area contributed by atoms with Crippen molar-refractivity contribution in [3.8, 4) is 5.75 Å². The lowest BCUT2D eigenvalue weighted by Gasteiger charge is -2.06. The summed E-state index contributed by atoms with van der Waals surface area (Å²) in [6.07, 6.45) is 1.18. The summed E-state index contributed by atoms with van der Waals surface area (Å²) in [5, 5.41) is 6.45. The highest BCUT2D eigenvalue weighted by Gasteiger charge is 2.09. The van der Waals surface area contributed by atoms with Crippen LogP contribution in [0.2, 0.25) is 0 Å². The molecule has 2 amide bonds. The Labute approximate surface area is 148 Å². The predicted octanol–water partition coefficient (Wildman–Crippen LogP) is 2.94. The van der Waals surface area contributed by atoms with Gasteiger partial charge in [0.15, 0.2) is 0 Å². The zero-order valence-corrected chi connectivity index (χ0v) is 14.5. The van der Waals surface area contributed by atoms with Crippen LogP contribution < -0.4 is 15.5 Å². The number of hydrogen-bond donors (Lipinski definition) is 2. The van der Waals surface area contributed by atoms with E-state index >= 15 is 0 Å². The number of amides is 2. The molecule has 0 saturated heterocycles. The topological polar surface area (TPSA) is 79.8 Å². The van der Waals surface area contributed by atoms with Gasteiger partial charge in [-0.1, -0.05) is 34.1 Å². The maximum absolute atomic E-state index is 11.8. The molecule has 2 aromatic carbocycles. The number of hydrogen-bond acceptors (Lipinski definition) is 4. The van der Waals surface area contributed by atoms with E-state index in [2.05, 4.69) is 31.8 Å². The monoisotopic (exact) mass is 389 g/mol. The van der Waals surface area contributed by atoms with Crippen molar-refractivity contribution in [1.82, 2.24) is 5.43 Å². The Morgan fingerprint density at radius 2 is 1.96 bits per heavy atom. The van der Waals surface area contributed by atoms with Gasteiger partial charge in [-0.3, -0.25) is 9.59 Å². The van der Waals surface area contributed by atoms with E-state index in [1.165, 1.54) is 13.3 Å². The Kier molecular flexibility index (Phi) is 6.51. The lowest BCUT2D eigenvalue weighted by Crippen LogP contribution is -2.24. The summed E-state index contributed by atoms with van der Waals surface area (Å²) in [4.78, 5) is 23.5. The highest BCUT2D eigenvalue weighted by Crippen LogP contribution is 2.16. The average molecular weight is 390 g/mol. The van der Waals surface area contributed by atoms with Gasteiger partial charge in [0, 0.05) is 16.2 Å². The van der Waals surface area contributed by atoms with Crippen LogP contribution in [0.25, 0.3) is 0 Å². The Balaban J connectivity index is 1.82. The maximum atomic E-state index is 11.8. The molecule has 7 heteroatoms. The molecule has 2 aromatic rings. The van der Waals surface area contributed by atoms with Gasteiger partial charge in [-0.05, 0) is 29.8 Å². The summed E-state index contributed by atoms with van der Waals surface area (Å²) < 4.78 is 5.98. The van der Waals surface area contributed by atoms with Crippen molar-refractivity contribution in [2.75, 3.05) is 12.4 Å². The smallest absolute Gasteiger partial charge is 0.249 e. The van der Waals surface area contributed by atoms with Crippen LogP contribution >= 0.6 is 15.9 Å². The molecule has 0 unspecified atom stereocenters. The largest absolute Gasteiger partial charge is 0.497 e. The van der Waals surface area contributed by atoms with Crippen molar-refractivity contribution < 1.29 is 14.3 Å². The number of methoxy groups -OCH3 is 1. The van der Waals surface area contributed by atoms with Crippen molar-refractivity contribution in [2.45, 2.75) is 6.42 Å². The Bertz CT molecular complexity index is 762. The van der Waals surface area contributed by atoms with Gasteiger partial charge in [-0.2, -0.15) is 5.10 Å². The highest BCUT2D eigenvalue weighted by atomic mass is 79.9. The molecule has 2 rings (SSSR count). The van der Waals surface area contributed by atoms with Crippen LogP contribution in [0.1, 0.15) is 12.0 Å². The van der Waals surface area contributed by atoms with Crippen LogP contribution in [0, 0.1) is 0 Å². The van der Waals surface area contributed by atoms with Gasteiger partial charge in [-0.15, -0.1) is 0 Å². The van der Waals surface area contributed by atoms with Crippen molar-refractivity contribution in [3.63, 3.8) is 0 Å². The number of nitrogens with zero attached hydrogens (tertiary/aromatic N) is 1. The van der Waals surface area contributed by atoms with Crippen molar-refractivity contribution in [2.24, 2.45) is 5.10 Å². The first-order valence-electron chi connectivity index (χ1n) is 7.08. The number of halogens is 1. The second-order valence-corrected chi connectivity index (χ2v) is 5.72. The molecular weight excluding hydrogens is 374 g/mol. The molecule has 0 bridgehead atoms. The average Bonchev–Trinajstić information content (AvgIpc) is 2.55.